The summed E-state index contributed by atoms with van der Waals surface area (Å²) in [7, 11) is 0. The number of nitrogens with one attached hydrogen (secondary N) is 1. The number of carboxylic acids is 1. The number of aromatic hydroxyl groups is 1. The van der Waals surface area contributed by atoms with Crippen molar-refractivity contribution >= 4 is 23.3 Å². The SMILES string of the molecule is CC(=O)c1ccccc1C(=O)Nc1cccc(C(=O)O)c1O. The van der Waals surface area contributed by atoms with Crippen molar-refractivity contribution in [1.29, 1.82) is 0 Å². The second-order valence-corrected chi connectivity index (χ2v) is 4.56. The molecular formula is C16H13NO5. The average Bonchev–Trinajstić information content (AvgIpc) is 2.49. The maximum absolute atomic E-state index is 12.3. The largest absolute Gasteiger partial charge is 0.505 e. The highest BCUT2D eigenvalue weighted by Gasteiger charge is 2.18. The van der Waals surface area contributed by atoms with Gasteiger partial charge in [0.25, 0.3) is 5.91 Å². The van der Waals surface area contributed by atoms with Crippen molar-refractivity contribution in [3.8, 4) is 5.75 Å². The summed E-state index contributed by atoms with van der Waals surface area (Å²) < 4.78 is 0. The van der Waals surface area contributed by atoms with Crippen molar-refractivity contribution in [2.45, 2.75) is 6.92 Å². The molecule has 0 heterocycles. The minimum absolute atomic E-state index is 0.0387. The summed E-state index contributed by atoms with van der Waals surface area (Å²) in [6, 6.07) is 10.2. The van der Waals surface area contributed by atoms with E-state index >= 15 is 0 Å². The molecule has 0 spiro atoms. The molecule has 0 bridgehead atoms. The lowest BCUT2D eigenvalue weighted by molar-refractivity contribution is 0.0693. The van der Waals surface area contributed by atoms with E-state index in [2.05, 4.69) is 5.32 Å². The number of carboxylic acid groups (broad SMARTS) is 1. The molecule has 6 heteroatoms. The number of benzene rings is 2. The smallest absolute Gasteiger partial charge is 0.339 e. The number of amides is 1. The zero-order valence-electron chi connectivity index (χ0n) is 11.7. The quantitative estimate of drug-likeness (QED) is 0.594. The van der Waals surface area contributed by atoms with Gasteiger partial charge in [0.2, 0.25) is 0 Å². The molecule has 0 saturated heterocycles. The van der Waals surface area contributed by atoms with Crippen molar-refractivity contribution in [3.63, 3.8) is 0 Å². The molecule has 0 fully saturated rings. The van der Waals surface area contributed by atoms with Gasteiger partial charge in [-0.05, 0) is 25.1 Å². The Morgan fingerprint density at radius 2 is 1.50 bits per heavy atom. The van der Waals surface area contributed by atoms with Gasteiger partial charge in [-0.3, -0.25) is 9.59 Å². The van der Waals surface area contributed by atoms with E-state index in [1.165, 1.54) is 37.3 Å². The van der Waals surface area contributed by atoms with Crippen LogP contribution >= 0.6 is 0 Å². The predicted molar refractivity (Wildman–Crippen MR) is 79.5 cm³/mol. The average molecular weight is 299 g/mol. The molecule has 3 N–H and O–H groups in total. The first-order chi connectivity index (χ1) is 10.4. The molecule has 0 saturated carbocycles. The monoisotopic (exact) mass is 299 g/mol. The summed E-state index contributed by atoms with van der Waals surface area (Å²) in [4.78, 5) is 34.7. The van der Waals surface area contributed by atoms with E-state index in [9.17, 15) is 19.5 Å². The first-order valence-electron chi connectivity index (χ1n) is 6.38. The molecule has 22 heavy (non-hydrogen) atoms. The molecule has 0 aliphatic rings. The van der Waals surface area contributed by atoms with Crippen molar-refractivity contribution in [3.05, 3.63) is 59.2 Å². The standard InChI is InChI=1S/C16H13NO5/c1-9(18)10-5-2-3-6-11(10)15(20)17-13-8-4-7-12(14(13)19)16(21)22/h2-8,19H,1H3,(H,17,20)(H,21,22). The fourth-order valence-electron chi connectivity index (χ4n) is 1.99. The van der Waals surface area contributed by atoms with E-state index < -0.39 is 17.6 Å². The lowest BCUT2D eigenvalue weighted by atomic mass is 10.0. The first kappa shape index (κ1) is 15.2. The minimum atomic E-state index is -1.31. The zero-order chi connectivity index (χ0) is 16.3. The van der Waals surface area contributed by atoms with E-state index in [1.54, 1.807) is 12.1 Å². The van der Waals surface area contributed by atoms with E-state index in [0.717, 1.165) is 0 Å². The van der Waals surface area contributed by atoms with E-state index in [1.807, 2.05) is 0 Å². The number of Topliss-reactive ketones (excluding diaryl/α,β-unsaturated/α-hetero) is 1. The van der Waals surface area contributed by atoms with E-state index in [4.69, 9.17) is 5.11 Å². The molecule has 0 atom stereocenters. The lowest BCUT2D eigenvalue weighted by Crippen LogP contribution is -2.16. The van der Waals surface area contributed by atoms with Crippen LogP contribution in [0.4, 0.5) is 5.69 Å². The van der Waals surface area contributed by atoms with Gasteiger partial charge in [0.1, 0.15) is 5.56 Å². The highest BCUT2D eigenvalue weighted by Crippen LogP contribution is 2.28. The van der Waals surface area contributed by atoms with Crippen LogP contribution in [0.25, 0.3) is 0 Å². The minimum Gasteiger partial charge on any atom is -0.505 e. The summed E-state index contributed by atoms with van der Waals surface area (Å²) in [5, 5.41) is 21.2. The summed E-state index contributed by atoms with van der Waals surface area (Å²) >= 11 is 0. The topological polar surface area (TPSA) is 104 Å². The Kier molecular flexibility index (Phi) is 4.22. The first-order valence-corrected chi connectivity index (χ1v) is 6.38. The van der Waals surface area contributed by atoms with Crippen molar-refractivity contribution < 1.29 is 24.6 Å². The van der Waals surface area contributed by atoms with Crippen molar-refractivity contribution in [2.24, 2.45) is 0 Å². The Labute approximate surface area is 126 Å². The Morgan fingerprint density at radius 3 is 2.09 bits per heavy atom. The van der Waals surface area contributed by atoms with Crippen LogP contribution in [0.3, 0.4) is 0 Å². The summed E-state index contributed by atoms with van der Waals surface area (Å²) in [5.41, 5.74) is 0.0323. The molecule has 2 aromatic carbocycles. The number of anilines is 1. The summed E-state index contributed by atoms with van der Waals surface area (Å²) in [6.07, 6.45) is 0. The van der Waals surface area contributed by atoms with Crippen LogP contribution in [-0.4, -0.2) is 27.9 Å². The van der Waals surface area contributed by atoms with Gasteiger partial charge in [-0.2, -0.15) is 0 Å². The number of para-hydroxylation sites is 1. The fourth-order valence-corrected chi connectivity index (χ4v) is 1.99. The van der Waals surface area contributed by atoms with Gasteiger partial charge in [-0.1, -0.05) is 24.3 Å². The van der Waals surface area contributed by atoms with Gasteiger partial charge in [0.05, 0.1) is 11.3 Å². The third-order valence-electron chi connectivity index (χ3n) is 3.07. The Hall–Kier alpha value is -3.15. The second-order valence-electron chi connectivity index (χ2n) is 4.56. The zero-order valence-corrected chi connectivity index (χ0v) is 11.7. The van der Waals surface area contributed by atoms with Gasteiger partial charge in [-0.15, -0.1) is 0 Å². The molecule has 2 rings (SSSR count). The molecule has 0 aliphatic carbocycles. The Balaban J connectivity index is 2.37. The van der Waals surface area contributed by atoms with Crippen LogP contribution < -0.4 is 5.32 Å². The Morgan fingerprint density at radius 1 is 0.909 bits per heavy atom. The molecule has 0 unspecified atom stereocenters. The van der Waals surface area contributed by atoms with Crippen LogP contribution in [0.5, 0.6) is 5.75 Å². The maximum Gasteiger partial charge on any atom is 0.339 e. The highest BCUT2D eigenvalue weighted by molar-refractivity contribution is 6.12. The number of hydrogen-bond donors (Lipinski definition) is 3. The summed E-state index contributed by atoms with van der Waals surface area (Å²) in [6.45, 7) is 1.34. The molecule has 2 aromatic rings. The van der Waals surface area contributed by atoms with Crippen molar-refractivity contribution in [2.75, 3.05) is 5.32 Å². The normalized spacial score (nSPS) is 10.0. The number of rotatable bonds is 4. The van der Waals surface area contributed by atoms with Crippen LogP contribution in [0.1, 0.15) is 38.0 Å². The third-order valence-corrected chi connectivity index (χ3v) is 3.07. The summed E-state index contributed by atoms with van der Waals surface area (Å²) in [5.74, 6) is -2.72. The van der Waals surface area contributed by atoms with E-state index in [0.29, 0.717) is 0 Å². The number of ketones is 1. The van der Waals surface area contributed by atoms with E-state index in [-0.39, 0.29) is 28.2 Å². The predicted octanol–water partition coefficient (Wildman–Crippen LogP) is 2.55. The maximum atomic E-state index is 12.3. The van der Waals surface area contributed by atoms with Gasteiger partial charge < -0.3 is 15.5 Å². The molecule has 112 valence electrons. The second kappa shape index (κ2) is 6.09. The molecule has 6 nitrogen and oxygen atoms in total. The molecule has 1 amide bonds. The van der Waals surface area contributed by atoms with Crippen molar-refractivity contribution in [1.82, 2.24) is 0 Å². The number of carbonyl (C=O) groups excluding carboxylic acids is 2. The van der Waals surface area contributed by atoms with Crippen LogP contribution in [0.2, 0.25) is 0 Å². The van der Waals surface area contributed by atoms with Gasteiger partial charge in [0, 0.05) is 5.56 Å². The third kappa shape index (κ3) is 2.95. The number of hydrogen-bond acceptors (Lipinski definition) is 4. The number of phenols is 1. The van der Waals surface area contributed by atoms with Gasteiger partial charge in [0.15, 0.2) is 11.5 Å². The van der Waals surface area contributed by atoms with Crippen LogP contribution in [0, 0.1) is 0 Å². The molecule has 0 aliphatic heterocycles. The number of carbonyl (C=O) groups is 3. The molecular weight excluding hydrogens is 286 g/mol. The van der Waals surface area contributed by atoms with Crippen LogP contribution in [-0.2, 0) is 0 Å². The van der Waals surface area contributed by atoms with Gasteiger partial charge in [-0.25, -0.2) is 4.79 Å². The van der Waals surface area contributed by atoms with Gasteiger partial charge >= 0.3 is 5.97 Å². The molecule has 0 radical (unpaired) electrons. The van der Waals surface area contributed by atoms with Crippen LogP contribution in [0.15, 0.2) is 42.5 Å². The number of aromatic carboxylic acids is 1. The molecule has 0 aromatic heterocycles. The lowest BCUT2D eigenvalue weighted by Gasteiger charge is -2.10. The fraction of sp³-hybridized carbons (Fsp3) is 0.0625. The Bertz CT molecular complexity index is 767. The highest BCUT2D eigenvalue weighted by atomic mass is 16.4.